The molecule has 1 aromatic rings. The number of Topliss-reactive ketones (excluding diaryl/α,β-unsaturated/α-hetero) is 1. The molecule has 0 bridgehead atoms. The van der Waals surface area contributed by atoms with Crippen LogP contribution in [0, 0.1) is 5.92 Å². The van der Waals surface area contributed by atoms with Gasteiger partial charge in [0, 0.05) is 5.56 Å². The van der Waals surface area contributed by atoms with E-state index in [1.807, 2.05) is 6.92 Å². The van der Waals surface area contributed by atoms with E-state index < -0.39 is 0 Å². The summed E-state index contributed by atoms with van der Waals surface area (Å²) in [7, 11) is 0. The molecule has 20 heavy (non-hydrogen) atoms. The predicted octanol–water partition coefficient (Wildman–Crippen LogP) is 2.58. The number of nitrogen functional groups attached to an aromatic ring is 1. The summed E-state index contributed by atoms with van der Waals surface area (Å²) in [5.74, 6) is 1.56. The maximum Gasteiger partial charge on any atom is 0.176 e. The van der Waals surface area contributed by atoms with E-state index in [-0.39, 0.29) is 5.78 Å². The van der Waals surface area contributed by atoms with Crippen LogP contribution in [0.15, 0.2) is 18.2 Å². The molecule has 1 heterocycles. The minimum absolute atomic E-state index is 0.134. The molecule has 4 heteroatoms. The fourth-order valence-electron chi connectivity index (χ4n) is 2.52. The van der Waals surface area contributed by atoms with Crippen molar-refractivity contribution >= 4 is 11.5 Å². The molecule has 0 aliphatic carbocycles. The first-order valence-electron chi connectivity index (χ1n) is 7.38. The summed E-state index contributed by atoms with van der Waals surface area (Å²) in [4.78, 5) is 14.5. The minimum atomic E-state index is 0.134. The molecule has 0 radical (unpaired) electrons. The molecule has 2 N–H and O–H groups in total. The summed E-state index contributed by atoms with van der Waals surface area (Å²) in [6.07, 6.45) is 2.36. The van der Waals surface area contributed by atoms with E-state index >= 15 is 0 Å². The Balaban J connectivity index is 1.97. The van der Waals surface area contributed by atoms with Crippen LogP contribution in [0.2, 0.25) is 0 Å². The Morgan fingerprint density at radius 1 is 1.40 bits per heavy atom. The highest BCUT2D eigenvalue weighted by Gasteiger charge is 2.19. The van der Waals surface area contributed by atoms with Crippen molar-refractivity contribution in [2.45, 2.75) is 26.7 Å². The smallest absolute Gasteiger partial charge is 0.176 e. The second kappa shape index (κ2) is 6.75. The molecule has 0 amide bonds. The molecule has 1 aliphatic heterocycles. The minimum Gasteiger partial charge on any atom is -0.492 e. The highest BCUT2D eigenvalue weighted by Crippen LogP contribution is 2.23. The zero-order valence-corrected chi connectivity index (χ0v) is 12.4. The average Bonchev–Trinajstić information content (AvgIpc) is 2.44. The monoisotopic (exact) mass is 276 g/mol. The van der Waals surface area contributed by atoms with Crippen LogP contribution in [0.4, 0.5) is 5.69 Å². The molecular weight excluding hydrogens is 252 g/mol. The SMILES string of the molecule is CCOc1ccc(C(=O)CN2CCC(C)CC2)cc1N. The topological polar surface area (TPSA) is 55.6 Å². The quantitative estimate of drug-likeness (QED) is 0.663. The number of ether oxygens (including phenoxy) is 1. The second-order valence-corrected chi connectivity index (χ2v) is 5.57. The summed E-state index contributed by atoms with van der Waals surface area (Å²) in [5, 5.41) is 0. The molecular formula is C16H24N2O2. The van der Waals surface area contributed by atoms with Crippen LogP contribution in [0.5, 0.6) is 5.75 Å². The van der Waals surface area contributed by atoms with Crippen molar-refractivity contribution in [3.8, 4) is 5.75 Å². The van der Waals surface area contributed by atoms with Gasteiger partial charge < -0.3 is 10.5 Å². The lowest BCUT2D eigenvalue weighted by Crippen LogP contribution is -2.36. The van der Waals surface area contributed by atoms with E-state index in [0.717, 1.165) is 19.0 Å². The number of hydrogen-bond donors (Lipinski definition) is 1. The Kier molecular flexibility index (Phi) is 5.01. The number of nitrogens with zero attached hydrogens (tertiary/aromatic N) is 1. The number of likely N-dealkylation sites (tertiary alicyclic amines) is 1. The van der Waals surface area contributed by atoms with Gasteiger partial charge in [0.15, 0.2) is 5.78 Å². The molecule has 0 saturated carbocycles. The lowest BCUT2D eigenvalue weighted by Gasteiger charge is -2.29. The number of benzene rings is 1. The molecule has 1 saturated heterocycles. The van der Waals surface area contributed by atoms with Gasteiger partial charge in [0.2, 0.25) is 0 Å². The summed E-state index contributed by atoms with van der Waals surface area (Å²) in [5.41, 5.74) is 7.11. The van der Waals surface area contributed by atoms with Gasteiger partial charge in [-0.25, -0.2) is 0 Å². The van der Waals surface area contributed by atoms with Gasteiger partial charge in [-0.1, -0.05) is 6.92 Å². The fourth-order valence-corrected chi connectivity index (χ4v) is 2.52. The second-order valence-electron chi connectivity index (χ2n) is 5.57. The third kappa shape index (κ3) is 3.73. The van der Waals surface area contributed by atoms with Crippen molar-refractivity contribution < 1.29 is 9.53 Å². The Hall–Kier alpha value is -1.55. The number of carbonyl (C=O) groups excluding carboxylic acids is 1. The number of anilines is 1. The highest BCUT2D eigenvalue weighted by molar-refractivity contribution is 5.98. The van der Waals surface area contributed by atoms with E-state index in [0.29, 0.717) is 30.2 Å². The lowest BCUT2D eigenvalue weighted by molar-refractivity contribution is 0.0900. The molecule has 1 aliphatic rings. The molecule has 1 fully saturated rings. The third-order valence-corrected chi connectivity index (χ3v) is 3.88. The maximum atomic E-state index is 12.3. The number of piperidine rings is 1. The first-order chi connectivity index (χ1) is 9.60. The Morgan fingerprint density at radius 2 is 2.10 bits per heavy atom. The van der Waals surface area contributed by atoms with Gasteiger partial charge in [0.1, 0.15) is 5.75 Å². The molecule has 0 aromatic heterocycles. The van der Waals surface area contributed by atoms with Gasteiger partial charge in [-0.2, -0.15) is 0 Å². The first kappa shape index (κ1) is 14.9. The van der Waals surface area contributed by atoms with Gasteiger partial charge in [0.05, 0.1) is 18.8 Å². The predicted molar refractivity (Wildman–Crippen MR) is 81.2 cm³/mol. The Labute approximate surface area is 120 Å². The number of nitrogens with two attached hydrogens (primary N) is 1. The van der Waals surface area contributed by atoms with E-state index in [4.69, 9.17) is 10.5 Å². The van der Waals surface area contributed by atoms with Crippen molar-refractivity contribution in [2.24, 2.45) is 5.92 Å². The Morgan fingerprint density at radius 3 is 2.70 bits per heavy atom. The standard InChI is InChI=1S/C16H24N2O2/c1-3-20-16-5-4-13(10-14(16)17)15(19)11-18-8-6-12(2)7-9-18/h4-5,10,12H,3,6-9,11,17H2,1-2H3. The van der Waals surface area contributed by atoms with E-state index in [9.17, 15) is 4.79 Å². The molecule has 2 rings (SSSR count). The lowest BCUT2D eigenvalue weighted by atomic mass is 9.98. The van der Waals surface area contributed by atoms with Crippen molar-refractivity contribution in [3.63, 3.8) is 0 Å². The van der Waals surface area contributed by atoms with Crippen molar-refractivity contribution in [2.75, 3.05) is 32.0 Å². The normalized spacial score (nSPS) is 17.1. The third-order valence-electron chi connectivity index (χ3n) is 3.88. The molecule has 1 aromatic carbocycles. The van der Waals surface area contributed by atoms with Gasteiger partial charge in [0.25, 0.3) is 0 Å². The van der Waals surface area contributed by atoms with Crippen LogP contribution in [0.1, 0.15) is 37.0 Å². The van der Waals surface area contributed by atoms with E-state index in [2.05, 4.69) is 11.8 Å². The van der Waals surface area contributed by atoms with Crippen molar-refractivity contribution in [3.05, 3.63) is 23.8 Å². The van der Waals surface area contributed by atoms with Crippen molar-refractivity contribution in [1.82, 2.24) is 4.90 Å². The number of carbonyl (C=O) groups is 1. The fraction of sp³-hybridized carbons (Fsp3) is 0.562. The van der Waals surface area contributed by atoms with Crippen LogP contribution in [-0.2, 0) is 0 Å². The average molecular weight is 276 g/mol. The van der Waals surface area contributed by atoms with Crippen LogP contribution in [0.3, 0.4) is 0 Å². The molecule has 4 nitrogen and oxygen atoms in total. The van der Waals surface area contributed by atoms with Gasteiger partial charge in [-0.05, 0) is 57.0 Å². The molecule has 0 spiro atoms. The first-order valence-corrected chi connectivity index (χ1v) is 7.38. The molecule has 0 atom stereocenters. The molecule has 110 valence electrons. The number of hydrogen-bond acceptors (Lipinski definition) is 4. The Bertz CT molecular complexity index is 466. The van der Waals surface area contributed by atoms with Crippen LogP contribution in [0.25, 0.3) is 0 Å². The van der Waals surface area contributed by atoms with Gasteiger partial charge in [-0.15, -0.1) is 0 Å². The van der Waals surface area contributed by atoms with E-state index in [1.54, 1.807) is 18.2 Å². The van der Waals surface area contributed by atoms with Crippen LogP contribution in [-0.4, -0.2) is 36.9 Å². The zero-order valence-electron chi connectivity index (χ0n) is 12.4. The largest absolute Gasteiger partial charge is 0.492 e. The van der Waals surface area contributed by atoms with Crippen molar-refractivity contribution in [1.29, 1.82) is 0 Å². The van der Waals surface area contributed by atoms with Crippen LogP contribution >= 0.6 is 0 Å². The summed E-state index contributed by atoms with van der Waals surface area (Å²) >= 11 is 0. The summed E-state index contributed by atoms with van der Waals surface area (Å²) < 4.78 is 5.39. The van der Waals surface area contributed by atoms with Gasteiger partial charge in [-0.3, -0.25) is 9.69 Å². The maximum absolute atomic E-state index is 12.3. The highest BCUT2D eigenvalue weighted by atomic mass is 16.5. The van der Waals surface area contributed by atoms with E-state index in [1.165, 1.54) is 12.8 Å². The zero-order chi connectivity index (χ0) is 14.5. The summed E-state index contributed by atoms with van der Waals surface area (Å²) in [6, 6.07) is 5.31. The summed E-state index contributed by atoms with van der Waals surface area (Å²) in [6.45, 7) is 7.27. The number of rotatable bonds is 5. The van der Waals surface area contributed by atoms with Crippen LogP contribution < -0.4 is 10.5 Å². The molecule has 0 unspecified atom stereocenters. The number of ketones is 1. The van der Waals surface area contributed by atoms with Gasteiger partial charge >= 0.3 is 0 Å².